The molecule has 1 heterocycles. The molecule has 5 nitrogen and oxygen atoms in total. The maximum absolute atomic E-state index is 11.8. The first-order chi connectivity index (χ1) is 10.5. The summed E-state index contributed by atoms with van der Waals surface area (Å²) in [5.74, 6) is -0.385. The largest absolute Gasteiger partial charge is 0.463 e. The Balaban J connectivity index is 1.91. The second-order valence-corrected chi connectivity index (χ2v) is 5.60. The summed E-state index contributed by atoms with van der Waals surface area (Å²) in [6.45, 7) is 1.70. The van der Waals surface area contributed by atoms with E-state index in [1.165, 1.54) is 7.11 Å². The van der Waals surface area contributed by atoms with Gasteiger partial charge in [-0.2, -0.15) is 0 Å². The van der Waals surface area contributed by atoms with Crippen LogP contribution in [-0.2, 0) is 27.3 Å². The molecule has 0 saturated heterocycles. The summed E-state index contributed by atoms with van der Waals surface area (Å²) in [5.41, 5.74) is 1.50. The number of ether oxygens (including phenoxy) is 2. The van der Waals surface area contributed by atoms with Crippen LogP contribution in [0.25, 0.3) is 0 Å². The van der Waals surface area contributed by atoms with Crippen LogP contribution in [0.1, 0.15) is 27.4 Å². The monoisotopic (exact) mass is 366 g/mol. The number of hydrogen-bond acceptors (Lipinski definition) is 5. The molecule has 1 aromatic carbocycles. The lowest BCUT2D eigenvalue weighted by Gasteiger charge is -2.03. The second kappa shape index (κ2) is 7.26. The second-order valence-electron chi connectivity index (χ2n) is 4.68. The zero-order chi connectivity index (χ0) is 16.1. The van der Waals surface area contributed by atoms with Gasteiger partial charge in [-0.1, -0.05) is 28.1 Å². The van der Waals surface area contributed by atoms with Crippen molar-refractivity contribution in [1.82, 2.24) is 0 Å². The number of methoxy groups -OCH3 is 1. The summed E-state index contributed by atoms with van der Waals surface area (Å²) >= 11 is 3.33. The topological polar surface area (TPSA) is 65.7 Å². The minimum atomic E-state index is -0.551. The Morgan fingerprint density at radius 2 is 1.91 bits per heavy atom. The number of esters is 2. The zero-order valence-corrected chi connectivity index (χ0v) is 13.8. The van der Waals surface area contributed by atoms with E-state index in [1.54, 1.807) is 13.0 Å². The van der Waals surface area contributed by atoms with E-state index >= 15 is 0 Å². The highest BCUT2D eigenvalue weighted by molar-refractivity contribution is 9.10. The van der Waals surface area contributed by atoms with Gasteiger partial charge >= 0.3 is 11.9 Å². The Hall–Kier alpha value is -2.08. The summed E-state index contributed by atoms with van der Waals surface area (Å²) in [6.07, 6.45) is 0.177. The van der Waals surface area contributed by atoms with Gasteiger partial charge in [0.2, 0.25) is 5.76 Å². The van der Waals surface area contributed by atoms with Gasteiger partial charge in [0.15, 0.2) is 0 Å². The molecule has 0 radical (unpaired) electrons. The molecule has 0 fully saturated rings. The van der Waals surface area contributed by atoms with E-state index in [1.807, 2.05) is 24.3 Å². The summed E-state index contributed by atoms with van der Waals surface area (Å²) in [5, 5.41) is 0. The van der Waals surface area contributed by atoms with Crippen LogP contribution in [0.3, 0.4) is 0 Å². The molecule has 0 spiro atoms. The van der Waals surface area contributed by atoms with Crippen molar-refractivity contribution in [1.29, 1.82) is 0 Å². The zero-order valence-electron chi connectivity index (χ0n) is 12.2. The highest BCUT2D eigenvalue weighted by Crippen LogP contribution is 2.17. The number of carbonyl (C=O) groups is 2. The maximum Gasteiger partial charge on any atom is 0.374 e. The number of benzene rings is 1. The molecule has 0 aliphatic rings. The van der Waals surface area contributed by atoms with Gasteiger partial charge in [-0.25, -0.2) is 4.79 Å². The van der Waals surface area contributed by atoms with Gasteiger partial charge in [-0.3, -0.25) is 4.79 Å². The van der Waals surface area contributed by atoms with Gasteiger partial charge < -0.3 is 13.9 Å². The molecule has 22 heavy (non-hydrogen) atoms. The standard InChI is InChI=1S/C16H15BrO5/c1-10-7-13(22-15(10)16(19)20-2)9-21-14(18)8-11-3-5-12(17)6-4-11/h3-7H,8-9H2,1-2H3. The maximum atomic E-state index is 11.8. The van der Waals surface area contributed by atoms with Crippen LogP contribution in [-0.4, -0.2) is 19.0 Å². The van der Waals surface area contributed by atoms with Crippen LogP contribution in [0.15, 0.2) is 39.2 Å². The Labute approximate surface area is 136 Å². The van der Waals surface area contributed by atoms with E-state index in [9.17, 15) is 9.59 Å². The van der Waals surface area contributed by atoms with Crippen molar-refractivity contribution in [3.63, 3.8) is 0 Å². The van der Waals surface area contributed by atoms with Gasteiger partial charge in [0, 0.05) is 10.0 Å². The van der Waals surface area contributed by atoms with E-state index in [-0.39, 0.29) is 24.8 Å². The summed E-state index contributed by atoms with van der Waals surface area (Å²) < 4.78 is 16.0. The molecule has 0 saturated carbocycles. The third-order valence-electron chi connectivity index (χ3n) is 2.98. The lowest BCUT2D eigenvalue weighted by Crippen LogP contribution is -2.07. The highest BCUT2D eigenvalue weighted by Gasteiger charge is 2.17. The Morgan fingerprint density at radius 3 is 2.55 bits per heavy atom. The van der Waals surface area contributed by atoms with Crippen LogP contribution < -0.4 is 0 Å². The van der Waals surface area contributed by atoms with Crippen LogP contribution in [0.5, 0.6) is 0 Å². The van der Waals surface area contributed by atoms with Gasteiger partial charge in [-0.05, 0) is 30.7 Å². The first kappa shape index (κ1) is 16.3. The van der Waals surface area contributed by atoms with E-state index < -0.39 is 5.97 Å². The number of rotatable bonds is 5. The summed E-state index contributed by atoms with van der Waals surface area (Å²) in [7, 11) is 1.28. The van der Waals surface area contributed by atoms with Crippen molar-refractivity contribution in [2.75, 3.05) is 7.11 Å². The molecule has 0 bridgehead atoms. The Bertz CT molecular complexity index is 672. The van der Waals surface area contributed by atoms with Crippen molar-refractivity contribution in [2.45, 2.75) is 20.0 Å². The summed E-state index contributed by atoms with van der Waals surface area (Å²) in [4.78, 5) is 23.2. The molecule has 1 aromatic heterocycles. The molecule has 116 valence electrons. The molecule has 2 aromatic rings. The lowest BCUT2D eigenvalue weighted by atomic mass is 10.2. The Kier molecular flexibility index (Phi) is 5.38. The fourth-order valence-corrected chi connectivity index (χ4v) is 2.15. The molecule has 0 N–H and O–H groups in total. The van der Waals surface area contributed by atoms with Crippen LogP contribution >= 0.6 is 15.9 Å². The van der Waals surface area contributed by atoms with Crippen molar-refractivity contribution in [3.8, 4) is 0 Å². The molecule has 0 amide bonds. The first-order valence-electron chi connectivity index (χ1n) is 6.57. The van der Waals surface area contributed by atoms with Gasteiger partial charge in [-0.15, -0.1) is 0 Å². The molecule has 0 atom stereocenters. The van der Waals surface area contributed by atoms with Crippen LogP contribution in [0, 0.1) is 6.92 Å². The third kappa shape index (κ3) is 4.21. The fraction of sp³-hybridized carbons (Fsp3) is 0.250. The normalized spacial score (nSPS) is 10.3. The smallest absolute Gasteiger partial charge is 0.374 e. The number of carbonyl (C=O) groups excluding carboxylic acids is 2. The SMILES string of the molecule is COC(=O)c1oc(COC(=O)Cc2ccc(Br)cc2)cc1C. The molecule has 0 aliphatic carbocycles. The minimum Gasteiger partial charge on any atom is -0.463 e. The quantitative estimate of drug-likeness (QED) is 0.758. The van der Waals surface area contributed by atoms with Crippen molar-refractivity contribution in [3.05, 3.63) is 57.5 Å². The van der Waals surface area contributed by atoms with E-state index in [2.05, 4.69) is 20.7 Å². The van der Waals surface area contributed by atoms with E-state index in [4.69, 9.17) is 9.15 Å². The number of furan rings is 1. The van der Waals surface area contributed by atoms with Crippen LogP contribution in [0.4, 0.5) is 0 Å². The highest BCUT2D eigenvalue weighted by atomic mass is 79.9. The average Bonchev–Trinajstić information content (AvgIpc) is 2.88. The van der Waals surface area contributed by atoms with Crippen molar-refractivity contribution < 1.29 is 23.5 Å². The number of aryl methyl sites for hydroxylation is 1. The van der Waals surface area contributed by atoms with E-state index in [0.29, 0.717) is 11.3 Å². The molecule has 6 heteroatoms. The predicted octanol–water partition coefficient (Wildman–Crippen LogP) is 3.42. The predicted molar refractivity (Wildman–Crippen MR) is 82.4 cm³/mol. The van der Waals surface area contributed by atoms with Crippen molar-refractivity contribution in [2.24, 2.45) is 0 Å². The Morgan fingerprint density at radius 1 is 1.23 bits per heavy atom. The van der Waals surface area contributed by atoms with Gasteiger partial charge in [0.1, 0.15) is 12.4 Å². The molecular weight excluding hydrogens is 352 g/mol. The summed E-state index contributed by atoms with van der Waals surface area (Å²) in [6, 6.07) is 9.07. The molecule has 0 aliphatic heterocycles. The van der Waals surface area contributed by atoms with Gasteiger partial charge in [0.25, 0.3) is 0 Å². The van der Waals surface area contributed by atoms with Gasteiger partial charge in [0.05, 0.1) is 13.5 Å². The number of hydrogen-bond donors (Lipinski definition) is 0. The fourth-order valence-electron chi connectivity index (χ4n) is 1.89. The first-order valence-corrected chi connectivity index (χ1v) is 7.36. The third-order valence-corrected chi connectivity index (χ3v) is 3.51. The molecule has 0 unspecified atom stereocenters. The lowest BCUT2D eigenvalue weighted by molar-refractivity contribution is -0.144. The van der Waals surface area contributed by atoms with Crippen molar-refractivity contribution >= 4 is 27.9 Å². The molecular formula is C16H15BrO5. The minimum absolute atomic E-state index is 0.0206. The van der Waals surface area contributed by atoms with Crippen LogP contribution in [0.2, 0.25) is 0 Å². The average molecular weight is 367 g/mol. The van der Waals surface area contributed by atoms with E-state index in [0.717, 1.165) is 10.0 Å². The molecule has 2 rings (SSSR count). The number of halogens is 1.